The number of hydrogen-bond acceptors (Lipinski definition) is 5. The van der Waals surface area contributed by atoms with Crippen LogP contribution in [0.15, 0.2) is 0 Å². The minimum atomic E-state index is -1.03. The van der Waals surface area contributed by atoms with E-state index in [0.717, 1.165) is 0 Å². The molecule has 0 aromatic carbocycles. The fourth-order valence-electron chi connectivity index (χ4n) is 0.837. The fourth-order valence-corrected chi connectivity index (χ4v) is 1.04. The van der Waals surface area contributed by atoms with E-state index in [9.17, 15) is 9.59 Å². The molecule has 6 nitrogen and oxygen atoms in total. The molecule has 1 rings (SSSR count). The predicted molar refractivity (Wildman–Crippen MR) is 48.6 cm³/mol. The van der Waals surface area contributed by atoms with Crippen molar-refractivity contribution in [3.8, 4) is 5.88 Å². The average Bonchev–Trinajstić information content (AvgIpc) is 2.44. The Hall–Kier alpha value is -1.63. The molecular formula is C7H8N2O4S. The number of aromatic amines is 2. The second-order valence-corrected chi connectivity index (χ2v) is 2.76. The van der Waals surface area contributed by atoms with Crippen LogP contribution < -0.4 is 0 Å². The summed E-state index contributed by atoms with van der Waals surface area (Å²) >= 11 is 4.62. The first-order chi connectivity index (χ1) is 6.56. The van der Waals surface area contributed by atoms with Crippen molar-refractivity contribution in [2.24, 2.45) is 0 Å². The largest absolute Gasteiger partial charge is 0.493 e. The number of esters is 1. The number of carbonyl (C=O) groups is 2. The number of aromatic nitrogens is 2. The Balaban J connectivity index is 2.95. The number of ether oxygens (including phenoxy) is 1. The number of aromatic hydroxyl groups is 1. The Kier molecular flexibility index (Phi) is 3.03. The molecule has 7 heteroatoms. The van der Waals surface area contributed by atoms with Crippen LogP contribution >= 0.6 is 12.2 Å². The van der Waals surface area contributed by atoms with E-state index >= 15 is 0 Å². The molecule has 0 saturated carbocycles. The van der Waals surface area contributed by atoms with Gasteiger partial charge in [-0.05, 0) is 19.1 Å². The van der Waals surface area contributed by atoms with Gasteiger partial charge in [-0.25, -0.2) is 4.79 Å². The van der Waals surface area contributed by atoms with Crippen molar-refractivity contribution in [3.05, 3.63) is 10.5 Å². The molecule has 0 spiro atoms. The summed E-state index contributed by atoms with van der Waals surface area (Å²) in [6.07, 6.45) is 0. The lowest BCUT2D eigenvalue weighted by Crippen LogP contribution is -2.17. The van der Waals surface area contributed by atoms with Gasteiger partial charge in [0.15, 0.2) is 10.5 Å². The van der Waals surface area contributed by atoms with Gasteiger partial charge < -0.3 is 19.8 Å². The number of ketones is 1. The van der Waals surface area contributed by atoms with E-state index in [2.05, 4.69) is 26.9 Å². The van der Waals surface area contributed by atoms with Gasteiger partial charge in [-0.2, -0.15) is 0 Å². The number of hydrogen-bond donors (Lipinski definition) is 3. The maximum atomic E-state index is 11.2. The number of Topliss-reactive ketones (excluding diaryl/α,β-unsaturated/α-hetero) is 1. The molecule has 76 valence electrons. The summed E-state index contributed by atoms with van der Waals surface area (Å²) in [5, 5.41) is 9.14. The van der Waals surface area contributed by atoms with E-state index in [0.29, 0.717) is 0 Å². The molecule has 1 heterocycles. The molecule has 0 radical (unpaired) electrons. The van der Waals surface area contributed by atoms with Crippen molar-refractivity contribution in [2.75, 3.05) is 6.61 Å². The highest BCUT2D eigenvalue weighted by molar-refractivity contribution is 7.71. The van der Waals surface area contributed by atoms with E-state index < -0.39 is 17.6 Å². The third-order valence-electron chi connectivity index (χ3n) is 1.40. The zero-order chi connectivity index (χ0) is 10.7. The van der Waals surface area contributed by atoms with Crippen LogP contribution in [-0.2, 0) is 9.53 Å². The van der Waals surface area contributed by atoms with Crippen LogP contribution in [0.25, 0.3) is 0 Å². The van der Waals surface area contributed by atoms with Crippen molar-refractivity contribution in [3.63, 3.8) is 0 Å². The van der Waals surface area contributed by atoms with Gasteiger partial charge in [0.05, 0.1) is 6.61 Å². The summed E-state index contributed by atoms with van der Waals surface area (Å²) in [6, 6.07) is 0. The minimum absolute atomic E-state index is 0.0650. The average molecular weight is 216 g/mol. The molecule has 0 aliphatic rings. The van der Waals surface area contributed by atoms with Crippen LogP contribution in [0.1, 0.15) is 17.4 Å². The molecule has 3 N–H and O–H groups in total. The van der Waals surface area contributed by atoms with Crippen LogP contribution in [0.5, 0.6) is 5.88 Å². The summed E-state index contributed by atoms with van der Waals surface area (Å²) < 4.78 is 4.52. The predicted octanol–water partition coefficient (Wildman–Crippen LogP) is 0.524. The number of nitrogens with one attached hydrogen (secondary N) is 2. The Morgan fingerprint density at radius 3 is 2.57 bits per heavy atom. The monoisotopic (exact) mass is 216 g/mol. The van der Waals surface area contributed by atoms with Crippen molar-refractivity contribution in [1.29, 1.82) is 0 Å². The van der Waals surface area contributed by atoms with Gasteiger partial charge >= 0.3 is 5.97 Å². The molecule has 0 bridgehead atoms. The molecule has 1 aromatic rings. The summed E-state index contributed by atoms with van der Waals surface area (Å²) in [5.74, 6) is -2.46. The van der Waals surface area contributed by atoms with Crippen LogP contribution in [0, 0.1) is 4.77 Å². The van der Waals surface area contributed by atoms with Gasteiger partial charge in [0.1, 0.15) is 0 Å². The first-order valence-corrected chi connectivity index (χ1v) is 4.19. The van der Waals surface area contributed by atoms with Gasteiger partial charge in [-0.1, -0.05) is 0 Å². The Labute approximate surface area is 83.9 Å². The second kappa shape index (κ2) is 4.05. The number of carbonyl (C=O) groups excluding carboxylic acids is 2. The number of H-pyrrole nitrogens is 2. The van der Waals surface area contributed by atoms with E-state index in [1.54, 1.807) is 6.92 Å². The maximum Gasteiger partial charge on any atom is 0.381 e. The summed E-state index contributed by atoms with van der Waals surface area (Å²) in [5.41, 5.74) is -0.284. The lowest BCUT2D eigenvalue weighted by molar-refractivity contribution is -0.137. The molecule has 1 aromatic heterocycles. The van der Waals surface area contributed by atoms with Crippen LogP contribution in [0.2, 0.25) is 0 Å². The highest BCUT2D eigenvalue weighted by Gasteiger charge is 2.22. The molecular weight excluding hydrogens is 208 g/mol. The third-order valence-corrected chi connectivity index (χ3v) is 1.60. The minimum Gasteiger partial charge on any atom is -0.493 e. The van der Waals surface area contributed by atoms with Crippen LogP contribution in [-0.4, -0.2) is 33.4 Å². The van der Waals surface area contributed by atoms with E-state index in [1.165, 1.54) is 0 Å². The second-order valence-electron chi connectivity index (χ2n) is 2.35. The fraction of sp³-hybridized carbons (Fsp3) is 0.286. The molecule has 0 aliphatic carbocycles. The molecule has 0 atom stereocenters. The smallest absolute Gasteiger partial charge is 0.381 e. The third kappa shape index (κ3) is 1.99. The SMILES string of the molecule is CCOC(=O)C(=O)c1[nH]c(=S)[nH]c1O. The molecule has 0 fully saturated rings. The van der Waals surface area contributed by atoms with E-state index in [-0.39, 0.29) is 17.1 Å². The summed E-state index contributed by atoms with van der Waals surface area (Å²) in [6.45, 7) is 1.67. The van der Waals surface area contributed by atoms with E-state index in [1.807, 2.05) is 0 Å². The van der Waals surface area contributed by atoms with Gasteiger partial charge in [-0.3, -0.25) is 4.79 Å². The summed E-state index contributed by atoms with van der Waals surface area (Å²) in [7, 11) is 0. The quantitative estimate of drug-likeness (QED) is 0.296. The standard InChI is InChI=1S/C7H8N2O4S/c1-2-13-6(12)4(10)3-5(11)9-7(14)8-3/h11H,2H2,1H3,(H2,8,9,14). The maximum absolute atomic E-state index is 11.2. The van der Waals surface area contributed by atoms with Gasteiger partial charge in [0.25, 0.3) is 5.78 Å². The van der Waals surface area contributed by atoms with Gasteiger partial charge in [0.2, 0.25) is 5.88 Å². The normalized spacial score (nSPS) is 9.79. The Morgan fingerprint density at radius 1 is 1.50 bits per heavy atom. The lowest BCUT2D eigenvalue weighted by atomic mass is 10.3. The van der Waals surface area contributed by atoms with Gasteiger partial charge in [0, 0.05) is 0 Å². The number of rotatable bonds is 3. The van der Waals surface area contributed by atoms with Crippen molar-refractivity contribution < 1.29 is 19.4 Å². The molecule has 0 unspecified atom stereocenters. The molecule has 0 aliphatic heterocycles. The first kappa shape index (κ1) is 10.5. The zero-order valence-corrected chi connectivity index (χ0v) is 8.10. The zero-order valence-electron chi connectivity index (χ0n) is 7.29. The Morgan fingerprint density at radius 2 is 2.14 bits per heavy atom. The number of imidazole rings is 1. The Bertz CT molecular complexity index is 420. The van der Waals surface area contributed by atoms with Crippen molar-refractivity contribution in [2.45, 2.75) is 6.92 Å². The topological polar surface area (TPSA) is 95.2 Å². The van der Waals surface area contributed by atoms with Gasteiger partial charge in [-0.15, -0.1) is 0 Å². The highest BCUT2D eigenvalue weighted by atomic mass is 32.1. The molecule has 14 heavy (non-hydrogen) atoms. The van der Waals surface area contributed by atoms with Crippen LogP contribution in [0.4, 0.5) is 0 Å². The highest BCUT2D eigenvalue weighted by Crippen LogP contribution is 2.12. The van der Waals surface area contributed by atoms with E-state index in [4.69, 9.17) is 5.11 Å². The molecule has 0 amide bonds. The first-order valence-electron chi connectivity index (χ1n) is 3.79. The van der Waals surface area contributed by atoms with Crippen molar-refractivity contribution in [1.82, 2.24) is 9.97 Å². The lowest BCUT2D eigenvalue weighted by Gasteiger charge is -1.98. The summed E-state index contributed by atoms with van der Waals surface area (Å²) in [4.78, 5) is 26.8. The van der Waals surface area contributed by atoms with Crippen LogP contribution in [0.3, 0.4) is 0 Å². The van der Waals surface area contributed by atoms with Crippen molar-refractivity contribution >= 4 is 24.0 Å². The molecule has 0 saturated heterocycles.